The van der Waals surface area contributed by atoms with E-state index in [0.717, 1.165) is 18.2 Å². The van der Waals surface area contributed by atoms with Crippen LogP contribution in [0.2, 0.25) is 0 Å². The Bertz CT molecular complexity index is 624. The van der Waals surface area contributed by atoms with E-state index in [0.29, 0.717) is 11.8 Å². The third-order valence-corrected chi connectivity index (χ3v) is 3.17. The lowest BCUT2D eigenvalue weighted by molar-refractivity contribution is 0.402. The van der Waals surface area contributed by atoms with Crippen LogP contribution in [0, 0.1) is 17.5 Å². The first-order valence-electron chi connectivity index (χ1n) is 6.50. The SMILES string of the molecule is CN(C)Cc1ccc(N(C)c2cc(F)c(F)cc2F)cc1. The molecular formula is C16H17F3N2. The van der Waals surface area contributed by atoms with Crippen LogP contribution in [0.4, 0.5) is 24.5 Å². The van der Waals surface area contributed by atoms with Crippen LogP contribution in [0.5, 0.6) is 0 Å². The molecule has 2 nitrogen and oxygen atoms in total. The summed E-state index contributed by atoms with van der Waals surface area (Å²) in [5.41, 5.74) is 1.81. The van der Waals surface area contributed by atoms with Crippen molar-refractivity contribution in [1.82, 2.24) is 4.90 Å². The van der Waals surface area contributed by atoms with Gasteiger partial charge in [0.2, 0.25) is 0 Å². The maximum absolute atomic E-state index is 13.8. The maximum Gasteiger partial charge on any atom is 0.161 e. The van der Waals surface area contributed by atoms with Gasteiger partial charge in [-0.05, 0) is 31.8 Å². The van der Waals surface area contributed by atoms with Gasteiger partial charge in [-0.25, -0.2) is 13.2 Å². The van der Waals surface area contributed by atoms with E-state index in [9.17, 15) is 13.2 Å². The van der Waals surface area contributed by atoms with Crippen LogP contribution in [0.25, 0.3) is 0 Å². The fourth-order valence-electron chi connectivity index (χ4n) is 2.10. The van der Waals surface area contributed by atoms with E-state index in [1.165, 1.54) is 4.90 Å². The Morgan fingerprint density at radius 3 is 1.95 bits per heavy atom. The Balaban J connectivity index is 2.27. The lowest BCUT2D eigenvalue weighted by Crippen LogP contribution is -2.13. The molecule has 0 heterocycles. The molecule has 2 aromatic carbocycles. The van der Waals surface area contributed by atoms with Crippen molar-refractivity contribution in [2.24, 2.45) is 0 Å². The highest BCUT2D eigenvalue weighted by Crippen LogP contribution is 2.28. The number of halogens is 3. The van der Waals surface area contributed by atoms with Crippen molar-refractivity contribution < 1.29 is 13.2 Å². The van der Waals surface area contributed by atoms with Gasteiger partial charge < -0.3 is 9.80 Å². The minimum atomic E-state index is -1.19. The third kappa shape index (κ3) is 3.55. The smallest absolute Gasteiger partial charge is 0.161 e. The van der Waals surface area contributed by atoms with Crippen molar-refractivity contribution in [1.29, 1.82) is 0 Å². The number of benzene rings is 2. The van der Waals surface area contributed by atoms with E-state index < -0.39 is 17.5 Å². The summed E-state index contributed by atoms with van der Waals surface area (Å²) >= 11 is 0. The van der Waals surface area contributed by atoms with Gasteiger partial charge in [-0.1, -0.05) is 12.1 Å². The number of anilines is 2. The molecule has 0 fully saturated rings. The highest BCUT2D eigenvalue weighted by atomic mass is 19.2. The van der Waals surface area contributed by atoms with Crippen molar-refractivity contribution in [3.63, 3.8) is 0 Å². The molecule has 2 rings (SSSR count). The van der Waals surface area contributed by atoms with Gasteiger partial charge in [0.05, 0.1) is 5.69 Å². The molecule has 0 N–H and O–H groups in total. The molecule has 0 atom stereocenters. The van der Waals surface area contributed by atoms with Crippen molar-refractivity contribution >= 4 is 11.4 Å². The third-order valence-electron chi connectivity index (χ3n) is 3.17. The Hall–Kier alpha value is -2.01. The first kappa shape index (κ1) is 15.4. The van der Waals surface area contributed by atoms with E-state index in [2.05, 4.69) is 0 Å². The summed E-state index contributed by atoms with van der Waals surface area (Å²) in [4.78, 5) is 3.52. The minimum Gasteiger partial charge on any atom is -0.342 e. The predicted molar refractivity (Wildman–Crippen MR) is 78.2 cm³/mol. The van der Waals surface area contributed by atoms with Crippen LogP contribution in [-0.4, -0.2) is 26.0 Å². The summed E-state index contributed by atoms with van der Waals surface area (Å²) < 4.78 is 40.0. The molecule has 112 valence electrons. The van der Waals surface area contributed by atoms with Gasteiger partial charge in [0.25, 0.3) is 0 Å². The second-order valence-electron chi connectivity index (χ2n) is 5.18. The zero-order chi connectivity index (χ0) is 15.6. The molecule has 0 spiro atoms. The highest BCUT2D eigenvalue weighted by molar-refractivity contribution is 5.63. The standard InChI is InChI=1S/C16H17F3N2/c1-20(2)10-11-4-6-12(7-5-11)21(3)16-9-14(18)13(17)8-15(16)19/h4-9H,10H2,1-3H3. The lowest BCUT2D eigenvalue weighted by Gasteiger charge is -2.21. The van der Waals surface area contributed by atoms with E-state index in [4.69, 9.17) is 0 Å². The zero-order valence-electron chi connectivity index (χ0n) is 12.2. The first-order chi connectivity index (χ1) is 9.88. The summed E-state index contributed by atoms with van der Waals surface area (Å²) in [6.45, 7) is 0.795. The minimum absolute atomic E-state index is 0.00532. The first-order valence-corrected chi connectivity index (χ1v) is 6.50. The van der Waals surface area contributed by atoms with Gasteiger partial charge in [-0.2, -0.15) is 0 Å². The average Bonchev–Trinajstić information content (AvgIpc) is 2.42. The van der Waals surface area contributed by atoms with Crippen LogP contribution in [0.3, 0.4) is 0 Å². The Kier molecular flexibility index (Phi) is 4.53. The maximum atomic E-state index is 13.8. The van der Waals surface area contributed by atoms with Crippen LogP contribution in [0.15, 0.2) is 36.4 Å². The Labute approximate surface area is 122 Å². The van der Waals surface area contributed by atoms with Gasteiger partial charge in [0.15, 0.2) is 11.6 Å². The molecule has 0 amide bonds. The van der Waals surface area contributed by atoms with Crippen LogP contribution < -0.4 is 4.90 Å². The van der Waals surface area contributed by atoms with Gasteiger partial charge in [-0.15, -0.1) is 0 Å². The summed E-state index contributed by atoms with van der Waals surface area (Å²) in [7, 11) is 5.55. The molecule has 0 unspecified atom stereocenters. The molecule has 0 saturated heterocycles. The molecule has 0 radical (unpaired) electrons. The van der Waals surface area contributed by atoms with E-state index in [-0.39, 0.29) is 5.69 Å². The molecule has 21 heavy (non-hydrogen) atoms. The van der Waals surface area contributed by atoms with Gasteiger partial charge >= 0.3 is 0 Å². The van der Waals surface area contributed by atoms with Crippen molar-refractivity contribution in [3.05, 3.63) is 59.4 Å². The van der Waals surface area contributed by atoms with Gasteiger partial charge in [0, 0.05) is 31.4 Å². The second-order valence-corrected chi connectivity index (χ2v) is 5.18. The van der Waals surface area contributed by atoms with Crippen molar-refractivity contribution in [2.45, 2.75) is 6.54 Å². The molecular weight excluding hydrogens is 277 g/mol. The molecule has 2 aromatic rings. The average molecular weight is 294 g/mol. The fourth-order valence-corrected chi connectivity index (χ4v) is 2.10. The van der Waals surface area contributed by atoms with Crippen LogP contribution in [-0.2, 0) is 6.54 Å². The van der Waals surface area contributed by atoms with Crippen LogP contribution in [0.1, 0.15) is 5.56 Å². The van der Waals surface area contributed by atoms with Gasteiger partial charge in [-0.3, -0.25) is 0 Å². The van der Waals surface area contributed by atoms with Crippen LogP contribution >= 0.6 is 0 Å². The molecule has 0 aliphatic heterocycles. The Morgan fingerprint density at radius 1 is 0.810 bits per heavy atom. The predicted octanol–water partition coefficient (Wildman–Crippen LogP) is 3.93. The number of nitrogens with zero attached hydrogens (tertiary/aromatic N) is 2. The molecule has 0 aromatic heterocycles. The van der Waals surface area contributed by atoms with E-state index in [1.807, 2.05) is 43.3 Å². The van der Waals surface area contributed by atoms with Gasteiger partial charge in [0.1, 0.15) is 5.82 Å². The normalized spacial score (nSPS) is 11.0. The topological polar surface area (TPSA) is 6.48 Å². The van der Waals surface area contributed by atoms with E-state index >= 15 is 0 Å². The molecule has 0 saturated carbocycles. The molecule has 0 aliphatic carbocycles. The molecule has 5 heteroatoms. The summed E-state index contributed by atoms with van der Waals surface area (Å²) in [6, 6.07) is 8.90. The largest absolute Gasteiger partial charge is 0.342 e. The van der Waals surface area contributed by atoms with Crippen molar-refractivity contribution in [2.75, 3.05) is 26.0 Å². The summed E-state index contributed by atoms with van der Waals surface area (Å²) in [5.74, 6) is -3.05. The second kappa shape index (κ2) is 6.18. The monoisotopic (exact) mass is 294 g/mol. The summed E-state index contributed by atoms with van der Waals surface area (Å²) in [6.07, 6.45) is 0. The lowest BCUT2D eigenvalue weighted by atomic mass is 10.1. The molecule has 0 bridgehead atoms. The number of rotatable bonds is 4. The zero-order valence-corrected chi connectivity index (χ0v) is 12.2. The number of hydrogen-bond acceptors (Lipinski definition) is 2. The quantitative estimate of drug-likeness (QED) is 0.788. The number of hydrogen-bond donors (Lipinski definition) is 0. The summed E-state index contributed by atoms with van der Waals surface area (Å²) in [5, 5.41) is 0. The fraction of sp³-hybridized carbons (Fsp3) is 0.250. The Morgan fingerprint density at radius 2 is 1.38 bits per heavy atom. The highest BCUT2D eigenvalue weighted by Gasteiger charge is 2.14. The molecule has 0 aliphatic rings. The van der Waals surface area contributed by atoms with Crippen molar-refractivity contribution in [3.8, 4) is 0 Å². The van der Waals surface area contributed by atoms with E-state index in [1.54, 1.807) is 7.05 Å².